The summed E-state index contributed by atoms with van der Waals surface area (Å²) in [4.78, 5) is 13.0. The van der Waals surface area contributed by atoms with E-state index in [4.69, 9.17) is 8.85 Å². The van der Waals surface area contributed by atoms with Gasteiger partial charge < -0.3 is 8.85 Å². The van der Waals surface area contributed by atoms with Crippen LogP contribution >= 0.6 is 0 Å². The quantitative estimate of drug-likeness (QED) is 0.617. The Hall–Kier alpha value is -1.29. The largest absolute Gasteiger partial charge is 0.510 e. The molecule has 0 aliphatic carbocycles. The Morgan fingerprint density at radius 2 is 1.48 bits per heavy atom. The van der Waals surface area contributed by atoms with Crippen molar-refractivity contribution in [2.24, 2.45) is 0 Å². The highest BCUT2D eigenvalue weighted by molar-refractivity contribution is 6.76. The van der Waals surface area contributed by atoms with E-state index in [2.05, 4.69) is 61.5 Å². The molecule has 0 saturated heterocycles. The van der Waals surface area contributed by atoms with Crippen molar-refractivity contribution in [3.05, 3.63) is 28.8 Å². The van der Waals surface area contributed by atoms with Crippen LogP contribution in [0.3, 0.4) is 0 Å². The summed E-state index contributed by atoms with van der Waals surface area (Å²) < 4.78 is 12.8. The number of rotatable bonds is 1. The summed E-state index contributed by atoms with van der Waals surface area (Å²) in [6.07, 6.45) is 0. The van der Waals surface area contributed by atoms with Crippen molar-refractivity contribution in [1.29, 1.82) is 0 Å². The lowest BCUT2D eigenvalue weighted by Gasteiger charge is -2.50. The van der Waals surface area contributed by atoms with E-state index >= 15 is 0 Å². The summed E-state index contributed by atoms with van der Waals surface area (Å²) in [6, 6.07) is 4.07. The monoisotopic (exact) mass is 334 g/mol. The van der Waals surface area contributed by atoms with Crippen LogP contribution in [0.5, 0.6) is 5.75 Å². The highest BCUT2D eigenvalue weighted by Gasteiger charge is 2.65. The Bertz CT molecular complexity index is 619. The molecule has 4 heteroatoms. The van der Waals surface area contributed by atoms with E-state index in [9.17, 15) is 4.79 Å². The topological polar surface area (TPSA) is 35.5 Å². The fourth-order valence-corrected chi connectivity index (χ4v) is 8.04. The molecule has 2 rings (SSSR count). The van der Waals surface area contributed by atoms with E-state index in [1.165, 1.54) is 0 Å². The summed E-state index contributed by atoms with van der Waals surface area (Å²) in [5, 5.41) is -0.447. The van der Waals surface area contributed by atoms with Crippen LogP contribution in [0.2, 0.25) is 10.1 Å². The van der Waals surface area contributed by atoms with Gasteiger partial charge in [-0.05, 0) is 24.0 Å². The third kappa shape index (κ3) is 2.71. The molecule has 23 heavy (non-hydrogen) atoms. The lowest BCUT2D eigenvalue weighted by Crippen LogP contribution is -2.62. The zero-order valence-electron chi connectivity index (χ0n) is 16.0. The summed E-state index contributed by atoms with van der Waals surface area (Å²) in [5.74, 6) is 0.776. The van der Waals surface area contributed by atoms with Crippen molar-refractivity contribution in [1.82, 2.24) is 0 Å². The molecule has 128 valence electrons. The highest BCUT2D eigenvalue weighted by Crippen LogP contribution is 2.55. The summed E-state index contributed by atoms with van der Waals surface area (Å²) in [7, 11) is -2.84. The van der Waals surface area contributed by atoms with Gasteiger partial charge in [-0.15, -0.1) is 0 Å². The van der Waals surface area contributed by atoms with Crippen molar-refractivity contribution in [3.8, 4) is 5.75 Å². The van der Waals surface area contributed by atoms with Crippen LogP contribution in [0.25, 0.3) is 0 Å². The Morgan fingerprint density at radius 1 is 0.957 bits per heavy atom. The van der Waals surface area contributed by atoms with Gasteiger partial charge in [0.1, 0.15) is 11.3 Å². The standard InChI is InChI=1S/C19H30O3Si/c1-12(2)14-11-10-13(3)16-15(14)17(20)22-23(21-16,18(4,5)6)19(7,8)9/h10-12H,1-9H3. The third-order valence-corrected chi connectivity index (χ3v) is 9.58. The molecular weight excluding hydrogens is 304 g/mol. The van der Waals surface area contributed by atoms with Crippen LogP contribution < -0.4 is 4.43 Å². The van der Waals surface area contributed by atoms with E-state index in [1.807, 2.05) is 13.0 Å². The van der Waals surface area contributed by atoms with Crippen molar-refractivity contribution < 1.29 is 13.6 Å². The van der Waals surface area contributed by atoms with Crippen molar-refractivity contribution >= 4 is 14.5 Å². The number of benzene rings is 1. The Kier molecular flexibility index (Phi) is 4.21. The molecule has 0 spiro atoms. The lowest BCUT2D eigenvalue weighted by molar-refractivity contribution is 0.0602. The Labute approximate surface area is 141 Å². The zero-order valence-corrected chi connectivity index (χ0v) is 17.0. The Balaban J connectivity index is 2.74. The fourth-order valence-electron chi connectivity index (χ4n) is 3.61. The van der Waals surface area contributed by atoms with Gasteiger partial charge in [-0.1, -0.05) is 67.5 Å². The van der Waals surface area contributed by atoms with Crippen LogP contribution in [-0.4, -0.2) is 14.5 Å². The maximum Gasteiger partial charge on any atom is 0.473 e. The SMILES string of the molecule is Cc1ccc(C(C)C)c2c1O[Si](C(C)(C)C)(C(C)(C)C)OC2=O. The minimum Gasteiger partial charge on any atom is -0.510 e. The van der Waals surface area contributed by atoms with Crippen LogP contribution in [0.4, 0.5) is 0 Å². The lowest BCUT2D eigenvalue weighted by atomic mass is 9.94. The molecule has 0 atom stereocenters. The zero-order chi connectivity index (χ0) is 17.8. The molecule has 1 aliphatic rings. The second kappa shape index (κ2) is 5.37. The molecule has 3 nitrogen and oxygen atoms in total. The first-order valence-electron chi connectivity index (χ1n) is 8.37. The molecule has 1 aromatic carbocycles. The summed E-state index contributed by atoms with van der Waals surface area (Å²) in [5.41, 5.74) is 2.63. The summed E-state index contributed by atoms with van der Waals surface area (Å²) >= 11 is 0. The van der Waals surface area contributed by atoms with Crippen LogP contribution in [-0.2, 0) is 4.43 Å². The second-order valence-electron chi connectivity index (χ2n) is 8.94. The van der Waals surface area contributed by atoms with E-state index in [1.54, 1.807) is 0 Å². The molecule has 0 fully saturated rings. The minimum absolute atomic E-state index is 0.213. The molecule has 0 saturated carbocycles. The second-order valence-corrected chi connectivity index (χ2v) is 13.6. The van der Waals surface area contributed by atoms with Gasteiger partial charge in [-0.2, -0.15) is 0 Å². The van der Waals surface area contributed by atoms with Gasteiger partial charge in [-0.3, -0.25) is 0 Å². The minimum atomic E-state index is -2.84. The van der Waals surface area contributed by atoms with E-state index in [0.717, 1.165) is 16.9 Å². The smallest absolute Gasteiger partial charge is 0.473 e. The summed E-state index contributed by atoms with van der Waals surface area (Å²) in [6.45, 7) is 18.9. The maximum atomic E-state index is 13.0. The van der Waals surface area contributed by atoms with E-state index < -0.39 is 8.56 Å². The van der Waals surface area contributed by atoms with Crippen molar-refractivity contribution in [3.63, 3.8) is 0 Å². The molecular formula is C19H30O3Si. The number of hydrogen-bond acceptors (Lipinski definition) is 3. The first-order chi connectivity index (χ1) is 10.3. The Morgan fingerprint density at radius 3 is 1.91 bits per heavy atom. The number of fused-ring (bicyclic) bond motifs is 1. The van der Waals surface area contributed by atoms with Gasteiger partial charge in [-0.25, -0.2) is 4.79 Å². The van der Waals surface area contributed by atoms with Gasteiger partial charge in [0.2, 0.25) is 0 Å². The van der Waals surface area contributed by atoms with E-state index in [-0.39, 0.29) is 22.0 Å². The molecule has 1 heterocycles. The number of carbonyl (C=O) groups is 1. The van der Waals surface area contributed by atoms with Gasteiger partial charge in [0.15, 0.2) is 0 Å². The van der Waals surface area contributed by atoms with Crippen molar-refractivity contribution in [2.75, 3.05) is 0 Å². The first kappa shape index (κ1) is 18.1. The van der Waals surface area contributed by atoms with Crippen molar-refractivity contribution in [2.45, 2.75) is 78.3 Å². The third-order valence-electron chi connectivity index (χ3n) is 4.67. The predicted molar refractivity (Wildman–Crippen MR) is 96.5 cm³/mol. The maximum absolute atomic E-state index is 13.0. The van der Waals surface area contributed by atoms with Gasteiger partial charge in [0.05, 0.1) is 0 Å². The molecule has 0 N–H and O–H groups in total. The molecule has 0 unspecified atom stereocenters. The van der Waals surface area contributed by atoms with Gasteiger partial charge in [0, 0.05) is 10.1 Å². The van der Waals surface area contributed by atoms with Gasteiger partial charge >= 0.3 is 14.5 Å². The van der Waals surface area contributed by atoms with Crippen LogP contribution in [0.1, 0.15) is 82.8 Å². The average Bonchev–Trinajstić information content (AvgIpc) is 2.36. The van der Waals surface area contributed by atoms with Gasteiger partial charge in [0.25, 0.3) is 0 Å². The number of carbonyl (C=O) groups excluding carboxylic acids is 1. The average molecular weight is 335 g/mol. The predicted octanol–water partition coefficient (Wildman–Crippen LogP) is 5.71. The fraction of sp³-hybridized carbons (Fsp3) is 0.632. The normalized spacial score (nSPS) is 17.6. The highest BCUT2D eigenvalue weighted by atomic mass is 28.4. The molecule has 1 aromatic rings. The molecule has 0 radical (unpaired) electrons. The number of hydrogen-bond donors (Lipinski definition) is 0. The molecule has 1 aliphatic heterocycles. The molecule has 0 bridgehead atoms. The molecule has 0 aromatic heterocycles. The van der Waals surface area contributed by atoms with E-state index in [0.29, 0.717) is 5.56 Å². The number of aryl methyl sites for hydroxylation is 1. The first-order valence-corrected chi connectivity index (χ1v) is 10.2. The van der Waals surface area contributed by atoms with Crippen LogP contribution in [0, 0.1) is 6.92 Å². The van der Waals surface area contributed by atoms with Crippen LogP contribution in [0.15, 0.2) is 12.1 Å². The molecule has 0 amide bonds.